The number of hydrogen-bond acceptors (Lipinski definition) is 4. The number of amides is 1. The van der Waals surface area contributed by atoms with Crippen molar-refractivity contribution in [2.24, 2.45) is 5.16 Å². The summed E-state index contributed by atoms with van der Waals surface area (Å²) in [6.07, 6.45) is 0. The average molecular weight is 432 g/mol. The van der Waals surface area contributed by atoms with Crippen molar-refractivity contribution < 1.29 is 14.4 Å². The fraction of sp³-hybridized carbons (Fsp3) is 0.118. The van der Waals surface area contributed by atoms with Crippen molar-refractivity contribution >= 4 is 69.7 Å². The molecule has 0 saturated heterocycles. The molecule has 26 heavy (non-hydrogen) atoms. The summed E-state index contributed by atoms with van der Waals surface area (Å²) in [5.74, 6) is -1.42. The van der Waals surface area contributed by atoms with Crippen LogP contribution >= 0.6 is 46.4 Å². The van der Waals surface area contributed by atoms with Gasteiger partial charge in [0.05, 0.1) is 12.2 Å². The van der Waals surface area contributed by atoms with Gasteiger partial charge in [-0.3, -0.25) is 4.79 Å². The minimum atomic E-state index is -1.40. The van der Waals surface area contributed by atoms with E-state index in [0.717, 1.165) is 5.56 Å². The summed E-state index contributed by atoms with van der Waals surface area (Å²) in [5, 5.41) is 4.65. The molecule has 5 nitrogen and oxygen atoms in total. The fourth-order valence-corrected chi connectivity index (χ4v) is 2.81. The maximum Gasteiger partial charge on any atom is 0.367 e. The first-order valence-corrected chi connectivity index (χ1v) is 8.93. The molecule has 0 unspecified atom stereocenters. The first-order valence-electron chi connectivity index (χ1n) is 7.30. The van der Waals surface area contributed by atoms with Crippen LogP contribution in [0.1, 0.15) is 11.1 Å². The Kier molecular flexibility index (Phi) is 5.73. The molecule has 1 amide bonds. The lowest BCUT2D eigenvalue weighted by Gasteiger charge is -2.17. The predicted molar refractivity (Wildman–Crippen MR) is 102 cm³/mol. The molecular weight excluding hydrogens is 422 g/mol. The summed E-state index contributed by atoms with van der Waals surface area (Å²) in [6.45, 7) is 0.283. The van der Waals surface area contributed by atoms with Gasteiger partial charge in [-0.05, 0) is 35.9 Å². The summed E-state index contributed by atoms with van der Waals surface area (Å²) >= 11 is 22.8. The van der Waals surface area contributed by atoms with Gasteiger partial charge in [0, 0.05) is 15.6 Å². The van der Waals surface area contributed by atoms with E-state index in [2.05, 4.69) is 9.99 Å². The highest BCUT2D eigenvalue weighted by Crippen LogP contribution is 2.33. The molecule has 1 aliphatic rings. The Balaban J connectivity index is 1.95. The van der Waals surface area contributed by atoms with Crippen molar-refractivity contribution in [1.82, 2.24) is 0 Å². The van der Waals surface area contributed by atoms with E-state index in [1.807, 2.05) is 12.1 Å². The maximum absolute atomic E-state index is 12.8. The first-order chi connectivity index (χ1) is 12.4. The zero-order valence-corrected chi connectivity index (χ0v) is 16.0. The molecule has 1 heterocycles. The standard InChI is InChI=1S/C17H10Cl4N2O3/c18-10-3-1-9(2-4-10)8-23-13-6-5-11(19)7-12(13)14(16(23)24)22-26-17(25)15(20)21/h1-7,15H,8H2/b22-14-. The lowest BCUT2D eigenvalue weighted by molar-refractivity contribution is -0.141. The van der Waals surface area contributed by atoms with Crippen LogP contribution in [0.5, 0.6) is 0 Å². The van der Waals surface area contributed by atoms with Gasteiger partial charge < -0.3 is 9.74 Å². The van der Waals surface area contributed by atoms with Crippen LogP contribution in [0.15, 0.2) is 47.6 Å². The van der Waals surface area contributed by atoms with Gasteiger partial charge in [-0.1, -0.05) is 63.7 Å². The number of oxime groups is 1. The van der Waals surface area contributed by atoms with Crippen molar-refractivity contribution in [2.45, 2.75) is 11.4 Å². The molecule has 0 bridgehead atoms. The third-order valence-corrected chi connectivity index (χ3v) is 4.45. The van der Waals surface area contributed by atoms with Gasteiger partial charge in [0.2, 0.25) is 4.84 Å². The van der Waals surface area contributed by atoms with Crippen LogP contribution in [0.25, 0.3) is 0 Å². The van der Waals surface area contributed by atoms with Gasteiger partial charge in [0.15, 0.2) is 5.71 Å². The summed E-state index contributed by atoms with van der Waals surface area (Å²) in [4.78, 5) is 29.0. The number of anilines is 1. The first kappa shape index (κ1) is 19.0. The van der Waals surface area contributed by atoms with Crippen molar-refractivity contribution in [1.29, 1.82) is 0 Å². The number of fused-ring (bicyclic) bond motifs is 1. The summed E-state index contributed by atoms with van der Waals surface area (Å²) in [5.41, 5.74) is 1.85. The van der Waals surface area contributed by atoms with Crippen LogP contribution in [-0.4, -0.2) is 22.4 Å². The van der Waals surface area contributed by atoms with E-state index < -0.39 is 16.7 Å². The number of nitrogens with zero attached hydrogens (tertiary/aromatic N) is 2. The SMILES string of the molecule is O=C(O/N=C1\C(=O)N(Cc2ccc(Cl)cc2)c2ccc(Cl)cc21)C(Cl)Cl. The molecule has 3 rings (SSSR count). The van der Waals surface area contributed by atoms with Gasteiger partial charge in [0.1, 0.15) is 0 Å². The Labute approximate surface area is 169 Å². The fourth-order valence-electron chi connectivity index (χ4n) is 2.43. The van der Waals surface area contributed by atoms with Gasteiger partial charge in [-0.15, -0.1) is 0 Å². The van der Waals surface area contributed by atoms with E-state index in [1.165, 1.54) is 4.90 Å². The highest BCUT2D eigenvalue weighted by atomic mass is 35.5. The second kappa shape index (κ2) is 7.84. The summed E-state index contributed by atoms with van der Waals surface area (Å²) in [7, 11) is 0. The molecule has 0 spiro atoms. The van der Waals surface area contributed by atoms with Crippen LogP contribution < -0.4 is 4.90 Å². The molecule has 0 aliphatic carbocycles. The zero-order chi connectivity index (χ0) is 18.8. The molecule has 0 aromatic heterocycles. The lowest BCUT2D eigenvalue weighted by atomic mass is 10.1. The molecule has 0 N–H and O–H groups in total. The van der Waals surface area contributed by atoms with E-state index in [4.69, 9.17) is 46.4 Å². The normalized spacial score (nSPS) is 14.9. The second-order valence-corrected chi connectivity index (χ2v) is 7.30. The average Bonchev–Trinajstić information content (AvgIpc) is 2.85. The molecule has 0 fully saturated rings. The minimum absolute atomic E-state index is 0.0567. The molecule has 2 aromatic rings. The molecule has 1 aliphatic heterocycles. The summed E-state index contributed by atoms with van der Waals surface area (Å²) in [6, 6.07) is 12.0. The topological polar surface area (TPSA) is 59.0 Å². The third-order valence-electron chi connectivity index (χ3n) is 3.61. The van der Waals surface area contributed by atoms with E-state index >= 15 is 0 Å². The Morgan fingerprint density at radius 2 is 1.73 bits per heavy atom. The van der Waals surface area contributed by atoms with Crippen molar-refractivity contribution in [3.63, 3.8) is 0 Å². The van der Waals surface area contributed by atoms with Crippen molar-refractivity contribution in [2.75, 3.05) is 4.90 Å². The quantitative estimate of drug-likeness (QED) is 0.404. The van der Waals surface area contributed by atoms with Crippen LogP contribution in [0.4, 0.5) is 5.69 Å². The maximum atomic E-state index is 12.8. The largest absolute Gasteiger partial charge is 0.367 e. The molecule has 134 valence electrons. The summed E-state index contributed by atoms with van der Waals surface area (Å²) < 4.78 is 0. The van der Waals surface area contributed by atoms with Crippen molar-refractivity contribution in [3.8, 4) is 0 Å². The van der Waals surface area contributed by atoms with Gasteiger partial charge in [-0.2, -0.15) is 0 Å². The molecule has 0 atom stereocenters. The van der Waals surface area contributed by atoms with Crippen LogP contribution in [0, 0.1) is 0 Å². The van der Waals surface area contributed by atoms with Gasteiger partial charge in [-0.25, -0.2) is 4.79 Å². The Bertz CT molecular complexity index is 897. The Hall–Kier alpha value is -1.79. The number of rotatable bonds is 4. The zero-order valence-electron chi connectivity index (χ0n) is 13.0. The lowest BCUT2D eigenvalue weighted by Crippen LogP contribution is -2.30. The molecule has 0 saturated carbocycles. The van der Waals surface area contributed by atoms with Gasteiger partial charge >= 0.3 is 5.97 Å². The predicted octanol–water partition coefficient (Wildman–Crippen LogP) is 4.59. The van der Waals surface area contributed by atoms with Crippen LogP contribution in [0.2, 0.25) is 10.0 Å². The monoisotopic (exact) mass is 430 g/mol. The number of hydrogen-bond donors (Lipinski definition) is 0. The number of benzene rings is 2. The third kappa shape index (κ3) is 3.96. The number of alkyl halides is 2. The highest BCUT2D eigenvalue weighted by molar-refractivity contribution is 6.55. The molecule has 0 radical (unpaired) electrons. The molecule has 2 aromatic carbocycles. The van der Waals surface area contributed by atoms with E-state index in [9.17, 15) is 9.59 Å². The van der Waals surface area contributed by atoms with E-state index in [0.29, 0.717) is 21.3 Å². The Morgan fingerprint density at radius 1 is 1.08 bits per heavy atom. The smallest absolute Gasteiger partial charge is 0.314 e. The second-order valence-electron chi connectivity index (χ2n) is 5.33. The number of halogens is 4. The van der Waals surface area contributed by atoms with Crippen LogP contribution in [-0.2, 0) is 21.0 Å². The van der Waals surface area contributed by atoms with E-state index in [-0.39, 0.29) is 12.3 Å². The van der Waals surface area contributed by atoms with E-state index in [1.54, 1.807) is 30.3 Å². The highest BCUT2D eigenvalue weighted by Gasteiger charge is 2.35. The number of carbonyl (C=O) groups is 2. The van der Waals surface area contributed by atoms with Gasteiger partial charge in [0.25, 0.3) is 5.91 Å². The molecule has 9 heteroatoms. The molecular formula is C17H10Cl4N2O3. The minimum Gasteiger partial charge on any atom is -0.314 e. The van der Waals surface area contributed by atoms with Crippen LogP contribution in [0.3, 0.4) is 0 Å². The Morgan fingerprint density at radius 3 is 2.38 bits per heavy atom. The van der Waals surface area contributed by atoms with Crippen molar-refractivity contribution in [3.05, 3.63) is 63.6 Å². The number of carbonyl (C=O) groups excluding carboxylic acids is 2.